The number of hydrogen-bond acceptors (Lipinski definition) is 5. The molecular formula is C16H27N2O5P. The molecule has 0 radical (unpaired) electrons. The van der Waals surface area contributed by atoms with Crippen LogP contribution in [-0.4, -0.2) is 31.9 Å². The van der Waals surface area contributed by atoms with Gasteiger partial charge in [0.1, 0.15) is 12.4 Å². The molecular weight excluding hydrogens is 331 g/mol. The van der Waals surface area contributed by atoms with Crippen molar-refractivity contribution >= 4 is 13.8 Å². The molecule has 2 N–H and O–H groups in total. The number of urea groups is 1. The van der Waals surface area contributed by atoms with E-state index in [1.54, 1.807) is 20.8 Å². The maximum absolute atomic E-state index is 12.2. The van der Waals surface area contributed by atoms with E-state index >= 15 is 0 Å². The van der Waals surface area contributed by atoms with Crippen molar-refractivity contribution < 1.29 is 23.1 Å². The number of amides is 2. The Morgan fingerprint density at radius 3 is 2.21 bits per heavy atom. The van der Waals surface area contributed by atoms with E-state index in [-0.39, 0.29) is 25.9 Å². The maximum atomic E-state index is 12.2. The van der Waals surface area contributed by atoms with Crippen molar-refractivity contribution in [2.45, 2.75) is 40.7 Å². The minimum atomic E-state index is -3.63. The van der Waals surface area contributed by atoms with E-state index in [9.17, 15) is 9.36 Å². The van der Waals surface area contributed by atoms with Crippen LogP contribution in [0.1, 0.15) is 31.9 Å². The molecule has 1 atom stereocenters. The number of carbonyl (C=O) groups is 1. The first-order valence-electron chi connectivity index (χ1n) is 7.98. The molecule has 0 heterocycles. The predicted octanol–water partition coefficient (Wildman–Crippen LogP) is 3.55. The van der Waals surface area contributed by atoms with Crippen molar-refractivity contribution in [3.8, 4) is 5.75 Å². The fourth-order valence-electron chi connectivity index (χ4n) is 2.10. The summed E-state index contributed by atoms with van der Waals surface area (Å²) in [5, 5.41) is 4.91. The molecule has 0 aliphatic rings. The first-order valence-corrected chi connectivity index (χ1v) is 9.52. The highest BCUT2D eigenvalue weighted by Gasteiger charge is 2.27. The third-order valence-electron chi connectivity index (χ3n) is 3.10. The molecule has 0 saturated heterocycles. The van der Waals surface area contributed by atoms with Gasteiger partial charge >= 0.3 is 13.8 Å². The Bertz CT molecular complexity index is 564. The van der Waals surface area contributed by atoms with Crippen LogP contribution in [0.25, 0.3) is 0 Å². The zero-order valence-electron chi connectivity index (χ0n) is 14.9. The van der Waals surface area contributed by atoms with Crippen LogP contribution < -0.4 is 15.1 Å². The summed E-state index contributed by atoms with van der Waals surface area (Å²) in [6, 6.07) is 4.98. The number of benzene rings is 1. The van der Waals surface area contributed by atoms with Crippen molar-refractivity contribution in [3.63, 3.8) is 0 Å². The van der Waals surface area contributed by atoms with E-state index in [1.807, 2.05) is 32.0 Å². The molecule has 8 heteroatoms. The molecule has 2 amide bonds. The lowest BCUT2D eigenvalue weighted by atomic mass is 10.1. The Kier molecular flexibility index (Phi) is 8.25. The fraction of sp³-hybridized carbons (Fsp3) is 0.562. The van der Waals surface area contributed by atoms with Crippen LogP contribution in [0.5, 0.6) is 5.75 Å². The first-order chi connectivity index (χ1) is 11.3. The van der Waals surface area contributed by atoms with Gasteiger partial charge in [0.05, 0.1) is 19.3 Å². The number of nitrogens with one attached hydrogen (secondary N) is 2. The van der Waals surface area contributed by atoms with E-state index in [2.05, 4.69) is 10.4 Å². The van der Waals surface area contributed by atoms with Gasteiger partial charge in [0, 0.05) is 0 Å². The number of rotatable bonds is 9. The van der Waals surface area contributed by atoms with E-state index in [1.165, 1.54) is 0 Å². The topological polar surface area (TPSA) is 85.9 Å². The molecule has 1 unspecified atom stereocenters. The quantitative estimate of drug-likeness (QED) is 0.659. The maximum Gasteiger partial charge on any atom is 0.436 e. The summed E-state index contributed by atoms with van der Waals surface area (Å²) in [4.78, 5) is 12.0. The van der Waals surface area contributed by atoms with Gasteiger partial charge in [-0.2, -0.15) is 0 Å². The van der Waals surface area contributed by atoms with Gasteiger partial charge in [0.15, 0.2) is 0 Å². The number of hydrogen-bond donors (Lipinski definition) is 2. The summed E-state index contributed by atoms with van der Waals surface area (Å²) in [5.41, 5.74) is 2.06. The minimum absolute atomic E-state index is 0.169. The third-order valence-corrected chi connectivity index (χ3v) is 4.77. The second-order valence-corrected chi connectivity index (χ2v) is 7.09. The van der Waals surface area contributed by atoms with Crippen LogP contribution in [-0.2, 0) is 13.6 Å². The standard InChI is InChI=1S/C16H27N2O5P/c1-6-22-24(20,23-7-2)18-16(19)17-14(5)11-21-15-12(3)9-8-10-13(15)4/h8-10,14H,6-7,11H2,1-5H3,(H2,17,18,19,20). The van der Waals surface area contributed by atoms with E-state index in [0.29, 0.717) is 0 Å². The molecule has 1 aromatic rings. The molecule has 1 aromatic carbocycles. The number of ether oxygens (including phenoxy) is 1. The van der Waals surface area contributed by atoms with Crippen molar-refractivity contribution in [2.24, 2.45) is 0 Å². The zero-order valence-corrected chi connectivity index (χ0v) is 15.8. The average molecular weight is 358 g/mol. The summed E-state index contributed by atoms with van der Waals surface area (Å²) < 4.78 is 28.0. The highest BCUT2D eigenvalue weighted by atomic mass is 31.2. The van der Waals surface area contributed by atoms with Gasteiger partial charge < -0.3 is 10.1 Å². The molecule has 0 spiro atoms. The van der Waals surface area contributed by atoms with Crippen LogP contribution in [0, 0.1) is 13.8 Å². The summed E-state index contributed by atoms with van der Waals surface area (Å²) in [6.45, 7) is 9.69. The van der Waals surface area contributed by atoms with Gasteiger partial charge in [0.2, 0.25) is 0 Å². The predicted molar refractivity (Wildman–Crippen MR) is 93.4 cm³/mol. The van der Waals surface area contributed by atoms with Crippen molar-refractivity contribution in [1.82, 2.24) is 10.4 Å². The number of aryl methyl sites for hydroxylation is 2. The number of para-hydroxylation sites is 1. The van der Waals surface area contributed by atoms with Crippen LogP contribution in [0.4, 0.5) is 4.79 Å². The number of carbonyl (C=O) groups excluding carboxylic acids is 1. The van der Waals surface area contributed by atoms with E-state index in [4.69, 9.17) is 13.8 Å². The van der Waals surface area contributed by atoms with Gasteiger partial charge in [-0.3, -0.25) is 9.05 Å². The Balaban J connectivity index is 2.53. The molecule has 7 nitrogen and oxygen atoms in total. The van der Waals surface area contributed by atoms with Gasteiger partial charge in [-0.25, -0.2) is 14.4 Å². The summed E-state index contributed by atoms with van der Waals surface area (Å²) in [6.07, 6.45) is 0. The zero-order chi connectivity index (χ0) is 18.2. The highest BCUT2D eigenvalue weighted by Crippen LogP contribution is 2.43. The van der Waals surface area contributed by atoms with E-state index in [0.717, 1.165) is 16.9 Å². The molecule has 0 aromatic heterocycles. The van der Waals surface area contributed by atoms with Gasteiger partial charge in [-0.15, -0.1) is 0 Å². The lowest BCUT2D eigenvalue weighted by molar-refractivity contribution is 0.202. The first kappa shape index (κ1) is 20.5. The summed E-state index contributed by atoms with van der Waals surface area (Å²) in [5.74, 6) is 0.806. The van der Waals surface area contributed by atoms with E-state index < -0.39 is 13.8 Å². The molecule has 136 valence electrons. The molecule has 0 aliphatic heterocycles. The Hall–Kier alpha value is -1.56. The third kappa shape index (κ3) is 6.51. The summed E-state index contributed by atoms with van der Waals surface area (Å²) in [7, 11) is -3.63. The Morgan fingerprint density at radius 2 is 1.71 bits per heavy atom. The molecule has 0 aliphatic carbocycles. The van der Waals surface area contributed by atoms with Crippen LogP contribution in [0.15, 0.2) is 18.2 Å². The molecule has 0 bridgehead atoms. The molecule has 0 saturated carbocycles. The summed E-state index contributed by atoms with van der Waals surface area (Å²) >= 11 is 0. The molecule has 24 heavy (non-hydrogen) atoms. The van der Waals surface area contributed by atoms with Gasteiger partial charge in [-0.1, -0.05) is 18.2 Å². The van der Waals surface area contributed by atoms with Crippen molar-refractivity contribution in [1.29, 1.82) is 0 Å². The van der Waals surface area contributed by atoms with Crippen LogP contribution in [0.3, 0.4) is 0 Å². The van der Waals surface area contributed by atoms with Crippen molar-refractivity contribution in [2.75, 3.05) is 19.8 Å². The highest BCUT2D eigenvalue weighted by molar-refractivity contribution is 7.52. The molecule has 0 fully saturated rings. The fourth-order valence-corrected chi connectivity index (χ4v) is 3.30. The second-order valence-electron chi connectivity index (χ2n) is 5.35. The van der Waals surface area contributed by atoms with Gasteiger partial charge in [-0.05, 0) is 45.7 Å². The monoisotopic (exact) mass is 358 g/mol. The Morgan fingerprint density at radius 1 is 1.17 bits per heavy atom. The Labute approximate surface area is 143 Å². The lowest BCUT2D eigenvalue weighted by Gasteiger charge is -2.20. The molecule has 1 rings (SSSR count). The normalized spacial score (nSPS) is 12.5. The lowest BCUT2D eigenvalue weighted by Crippen LogP contribution is -2.42. The van der Waals surface area contributed by atoms with Crippen LogP contribution >= 0.6 is 7.75 Å². The van der Waals surface area contributed by atoms with Crippen LogP contribution in [0.2, 0.25) is 0 Å². The smallest absolute Gasteiger partial charge is 0.436 e. The SMILES string of the molecule is CCOP(=O)(NC(=O)NC(C)COc1c(C)cccc1C)OCC. The minimum Gasteiger partial charge on any atom is -0.491 e. The van der Waals surface area contributed by atoms with Crippen molar-refractivity contribution in [3.05, 3.63) is 29.3 Å². The average Bonchev–Trinajstić information content (AvgIpc) is 2.46. The largest absolute Gasteiger partial charge is 0.491 e. The van der Waals surface area contributed by atoms with Gasteiger partial charge in [0.25, 0.3) is 0 Å². The second kappa shape index (κ2) is 9.67.